The van der Waals surface area contributed by atoms with E-state index in [9.17, 15) is 28.1 Å². The Morgan fingerprint density at radius 2 is 1.81 bits per heavy atom. The Kier molecular flexibility index (Phi) is 6.41. The van der Waals surface area contributed by atoms with Gasteiger partial charge in [0.25, 0.3) is 5.56 Å². The number of fused-ring (bicyclic) bond motifs is 3. The number of aromatic amines is 1. The van der Waals surface area contributed by atoms with Crippen molar-refractivity contribution in [2.45, 2.75) is 31.9 Å². The van der Waals surface area contributed by atoms with Crippen LogP contribution in [0.25, 0.3) is 21.6 Å². The molecule has 1 aliphatic rings. The second-order valence-electron chi connectivity index (χ2n) is 8.11. The molecule has 2 aromatic carbocycles. The van der Waals surface area contributed by atoms with Gasteiger partial charge >= 0.3 is 11.9 Å². The van der Waals surface area contributed by atoms with Crippen molar-refractivity contribution >= 4 is 59.1 Å². The maximum absolute atomic E-state index is 13.0. The number of benzene rings is 2. The number of aryl methyl sites for hydroxylation is 2. The number of ether oxygens (including phenoxy) is 1. The summed E-state index contributed by atoms with van der Waals surface area (Å²) in [6.07, 6.45) is -0.816. The zero-order chi connectivity index (χ0) is 25.8. The predicted molar refractivity (Wildman–Crippen MR) is 136 cm³/mol. The highest BCUT2D eigenvalue weighted by Crippen LogP contribution is 2.44. The van der Waals surface area contributed by atoms with Crippen LogP contribution in [0.1, 0.15) is 28.8 Å². The summed E-state index contributed by atoms with van der Waals surface area (Å²) < 4.78 is 45.4. The zero-order valence-corrected chi connectivity index (χ0v) is 22.0. The standard InChI is InChI=1S/C23H14Br2F3N3O4S/c24-13-7-10(20-29-21(32)18-12-3-1-2-4-17(12)36-22(18)30-20)8-14(25)19(13)35-16-6-5-11(23(26,27)28)9-15(16)31(33)34/h5-9H,1-4H2,(H,29,30,32). The summed E-state index contributed by atoms with van der Waals surface area (Å²) in [4.78, 5) is 32.7. The Labute approximate surface area is 221 Å². The molecule has 4 aromatic rings. The van der Waals surface area contributed by atoms with E-state index in [1.54, 1.807) is 12.1 Å². The van der Waals surface area contributed by atoms with Crippen LogP contribution in [0.15, 0.2) is 44.1 Å². The number of nitrogens with zero attached hydrogens (tertiary/aromatic N) is 2. The van der Waals surface area contributed by atoms with Crippen molar-refractivity contribution in [1.82, 2.24) is 9.97 Å². The van der Waals surface area contributed by atoms with E-state index >= 15 is 0 Å². The third-order valence-electron chi connectivity index (χ3n) is 5.79. The molecule has 0 bridgehead atoms. The van der Waals surface area contributed by atoms with Gasteiger partial charge < -0.3 is 9.72 Å². The number of nitrogens with one attached hydrogen (secondary N) is 1. The van der Waals surface area contributed by atoms with Crippen LogP contribution in [0.5, 0.6) is 11.5 Å². The van der Waals surface area contributed by atoms with Gasteiger partial charge in [0.15, 0.2) is 5.75 Å². The molecule has 0 spiro atoms. The van der Waals surface area contributed by atoms with Gasteiger partial charge in [-0.1, -0.05) is 0 Å². The number of nitro benzene ring substituents is 1. The van der Waals surface area contributed by atoms with E-state index in [1.807, 2.05) is 0 Å². The molecule has 0 aliphatic heterocycles. The van der Waals surface area contributed by atoms with E-state index in [4.69, 9.17) is 4.74 Å². The largest absolute Gasteiger partial charge is 0.448 e. The summed E-state index contributed by atoms with van der Waals surface area (Å²) in [5.74, 6) is 0.0791. The van der Waals surface area contributed by atoms with E-state index in [0.29, 0.717) is 42.7 Å². The molecule has 1 N–H and O–H groups in total. The molecular weight excluding hydrogens is 631 g/mol. The molecule has 0 atom stereocenters. The lowest BCUT2D eigenvalue weighted by atomic mass is 9.97. The van der Waals surface area contributed by atoms with Gasteiger partial charge in [-0.25, -0.2) is 4.98 Å². The average Bonchev–Trinajstić information content (AvgIpc) is 3.19. The Morgan fingerprint density at radius 3 is 2.47 bits per heavy atom. The van der Waals surface area contributed by atoms with Crippen LogP contribution in [0.2, 0.25) is 0 Å². The predicted octanol–water partition coefficient (Wildman–Crippen LogP) is 7.77. The third-order valence-corrected chi connectivity index (χ3v) is 8.16. The first kappa shape index (κ1) is 24.9. The molecule has 7 nitrogen and oxygen atoms in total. The number of hydrogen-bond acceptors (Lipinski definition) is 6. The van der Waals surface area contributed by atoms with E-state index in [-0.39, 0.29) is 17.1 Å². The number of aromatic nitrogens is 2. The van der Waals surface area contributed by atoms with E-state index in [2.05, 4.69) is 41.8 Å². The minimum absolute atomic E-state index is 0.108. The van der Waals surface area contributed by atoms with Crippen LogP contribution in [0, 0.1) is 10.1 Å². The highest BCUT2D eigenvalue weighted by atomic mass is 79.9. The molecule has 186 valence electrons. The normalized spacial score (nSPS) is 13.6. The van der Waals surface area contributed by atoms with Crippen molar-refractivity contribution in [3.05, 3.63) is 75.7 Å². The molecule has 0 saturated carbocycles. The monoisotopic (exact) mass is 643 g/mol. The van der Waals surface area contributed by atoms with Gasteiger partial charge in [-0.2, -0.15) is 13.2 Å². The molecule has 0 fully saturated rings. The number of nitro groups is 1. The van der Waals surface area contributed by atoms with Gasteiger partial charge in [0.1, 0.15) is 10.7 Å². The summed E-state index contributed by atoms with van der Waals surface area (Å²) in [5, 5.41) is 12.0. The van der Waals surface area contributed by atoms with Crippen LogP contribution >= 0.6 is 43.2 Å². The second-order valence-corrected chi connectivity index (χ2v) is 10.9. The SMILES string of the molecule is O=c1[nH]c(-c2cc(Br)c(Oc3ccc(C(F)(F)F)cc3[N+](=O)[O-])c(Br)c2)nc2sc3c(c12)CCCC3. The Morgan fingerprint density at radius 1 is 1.11 bits per heavy atom. The molecule has 36 heavy (non-hydrogen) atoms. The number of alkyl halides is 3. The number of halogens is 5. The van der Waals surface area contributed by atoms with Gasteiger partial charge in [0.2, 0.25) is 5.75 Å². The first-order valence-corrected chi connectivity index (χ1v) is 13.0. The molecule has 0 radical (unpaired) electrons. The summed E-state index contributed by atoms with van der Waals surface area (Å²) in [6, 6.07) is 5.25. The highest BCUT2D eigenvalue weighted by molar-refractivity contribution is 9.11. The van der Waals surface area contributed by atoms with Crippen molar-refractivity contribution in [2.75, 3.05) is 0 Å². The Hall–Kier alpha value is -2.77. The van der Waals surface area contributed by atoms with Crippen LogP contribution in [0.3, 0.4) is 0 Å². The van der Waals surface area contributed by atoms with E-state index in [0.717, 1.165) is 37.3 Å². The van der Waals surface area contributed by atoms with Crippen molar-refractivity contribution in [3.8, 4) is 22.9 Å². The van der Waals surface area contributed by atoms with Crippen LogP contribution in [0.4, 0.5) is 18.9 Å². The fourth-order valence-electron chi connectivity index (χ4n) is 4.13. The van der Waals surface area contributed by atoms with Crippen LogP contribution in [-0.2, 0) is 19.0 Å². The summed E-state index contributed by atoms with van der Waals surface area (Å²) in [6.45, 7) is 0. The van der Waals surface area contributed by atoms with E-state index < -0.39 is 22.4 Å². The minimum Gasteiger partial charge on any atom is -0.448 e. The van der Waals surface area contributed by atoms with Crippen molar-refractivity contribution in [3.63, 3.8) is 0 Å². The lowest BCUT2D eigenvalue weighted by Crippen LogP contribution is -2.11. The summed E-state index contributed by atoms with van der Waals surface area (Å²) >= 11 is 8.23. The van der Waals surface area contributed by atoms with Gasteiger partial charge in [0.05, 0.1) is 24.8 Å². The average molecular weight is 645 g/mol. The highest BCUT2D eigenvalue weighted by Gasteiger charge is 2.33. The topological polar surface area (TPSA) is 98.1 Å². The number of thiophene rings is 1. The van der Waals surface area contributed by atoms with E-state index in [1.165, 1.54) is 16.2 Å². The van der Waals surface area contributed by atoms with Gasteiger partial charge in [-0.15, -0.1) is 11.3 Å². The first-order chi connectivity index (χ1) is 17.0. The Bertz CT molecular complexity index is 1580. The summed E-state index contributed by atoms with van der Waals surface area (Å²) in [7, 11) is 0. The molecule has 5 rings (SSSR count). The Balaban J connectivity index is 1.53. The third kappa shape index (κ3) is 4.55. The summed E-state index contributed by atoms with van der Waals surface area (Å²) in [5.41, 5.74) is -0.594. The minimum atomic E-state index is -4.74. The molecule has 0 saturated heterocycles. The molecule has 2 heterocycles. The number of rotatable bonds is 4. The zero-order valence-electron chi connectivity index (χ0n) is 18.0. The lowest BCUT2D eigenvalue weighted by Gasteiger charge is -2.13. The fraction of sp³-hybridized carbons (Fsp3) is 0.217. The van der Waals surface area contributed by atoms with Crippen molar-refractivity contribution < 1.29 is 22.8 Å². The maximum atomic E-state index is 13.0. The first-order valence-electron chi connectivity index (χ1n) is 10.6. The van der Waals surface area contributed by atoms with Crippen molar-refractivity contribution in [1.29, 1.82) is 0 Å². The molecule has 13 heteroatoms. The van der Waals surface area contributed by atoms with Gasteiger partial charge in [-0.05, 0) is 87.4 Å². The smallest absolute Gasteiger partial charge is 0.416 e. The van der Waals surface area contributed by atoms with Crippen LogP contribution < -0.4 is 10.3 Å². The quantitative estimate of drug-likeness (QED) is 0.181. The molecule has 1 aliphatic carbocycles. The van der Waals surface area contributed by atoms with Gasteiger partial charge in [0, 0.05) is 16.5 Å². The number of H-pyrrole nitrogens is 1. The van der Waals surface area contributed by atoms with Crippen LogP contribution in [-0.4, -0.2) is 14.9 Å². The fourth-order valence-corrected chi connectivity index (χ4v) is 6.74. The van der Waals surface area contributed by atoms with Gasteiger partial charge in [-0.3, -0.25) is 14.9 Å². The number of hydrogen-bond donors (Lipinski definition) is 1. The lowest BCUT2D eigenvalue weighted by molar-refractivity contribution is -0.385. The molecule has 2 aromatic heterocycles. The molecular formula is C23H14Br2F3N3O4S. The second kappa shape index (κ2) is 9.27. The van der Waals surface area contributed by atoms with Crippen molar-refractivity contribution in [2.24, 2.45) is 0 Å². The maximum Gasteiger partial charge on any atom is 0.416 e. The molecule has 0 unspecified atom stereocenters. The molecule has 0 amide bonds.